The Morgan fingerprint density at radius 2 is 0.789 bits per heavy atom. The summed E-state index contributed by atoms with van der Waals surface area (Å²) >= 11 is 6.44. The molecule has 0 radical (unpaired) electrons. The van der Waals surface area contributed by atoms with Crippen molar-refractivity contribution in [2.45, 2.75) is 266 Å². The molecule has 5 amide bonds. The van der Waals surface area contributed by atoms with E-state index in [0.29, 0.717) is 71.7 Å². The Balaban J connectivity index is 0.000000155. The van der Waals surface area contributed by atoms with Gasteiger partial charge in [0.05, 0.1) is 144 Å². The molecule has 5 N–H and O–H groups in total. The largest absolute Gasteiger partial charge is 0.479 e. The van der Waals surface area contributed by atoms with E-state index < -0.39 is 72.4 Å². The molecule has 17 rings (SSSR count). The van der Waals surface area contributed by atoms with Gasteiger partial charge in [-0.1, -0.05) is 202 Å². The van der Waals surface area contributed by atoms with Crippen LogP contribution < -0.4 is 14.8 Å². The third-order valence-electron chi connectivity index (χ3n) is 27.8. The van der Waals surface area contributed by atoms with Crippen molar-refractivity contribution >= 4 is 92.2 Å². The Bertz CT molecular complexity index is 6600. The number of hydrogen-bond acceptors (Lipinski definition) is 29. The molecule has 147 heavy (non-hydrogen) atoms. The number of aliphatic hydroxyl groups excluding tert-OH is 4. The smallest absolute Gasteiger partial charge is 0.254 e. The van der Waals surface area contributed by atoms with Crippen LogP contribution in [-0.4, -0.2) is 214 Å². The lowest BCUT2D eigenvalue weighted by atomic mass is 9.89. The molecule has 4 fully saturated rings. The Morgan fingerprint density at radius 3 is 1.14 bits per heavy atom. The van der Waals surface area contributed by atoms with Gasteiger partial charge in [0.25, 0.3) is 5.88 Å². The number of thiazole rings is 4. The van der Waals surface area contributed by atoms with Gasteiger partial charge >= 0.3 is 0 Å². The maximum atomic E-state index is 13.9. The predicted molar refractivity (Wildman–Crippen MR) is 565 cm³/mol. The molecule has 0 aliphatic carbocycles. The fourth-order valence-electron chi connectivity index (χ4n) is 19.9. The van der Waals surface area contributed by atoms with Gasteiger partial charge in [0.1, 0.15) is 47.1 Å². The third-order valence-corrected chi connectivity index (χ3v) is 31.7. The van der Waals surface area contributed by atoms with Crippen molar-refractivity contribution in [2.24, 2.45) is 23.7 Å². The fourth-order valence-corrected chi connectivity index (χ4v) is 23.1. The van der Waals surface area contributed by atoms with Crippen LogP contribution in [0.15, 0.2) is 194 Å². The summed E-state index contributed by atoms with van der Waals surface area (Å²) in [7, 11) is 1.48. The molecule has 35 heteroatoms. The Labute approximate surface area is 874 Å². The minimum atomic E-state index is -0.754. The zero-order chi connectivity index (χ0) is 105. The van der Waals surface area contributed by atoms with Crippen LogP contribution in [0.1, 0.15) is 243 Å². The number of ether oxygens (including phenoxy) is 2. The summed E-state index contributed by atoms with van der Waals surface area (Å²) in [5.74, 6) is -0.435. The topological polar surface area (TPSA) is 408 Å². The van der Waals surface area contributed by atoms with Crippen LogP contribution in [0, 0.1) is 65.2 Å². The van der Waals surface area contributed by atoms with Crippen LogP contribution in [0.4, 0.5) is 0 Å². The van der Waals surface area contributed by atoms with E-state index in [1.54, 1.807) is 97.3 Å². The number of amides is 5. The summed E-state index contributed by atoms with van der Waals surface area (Å²) in [6.45, 7) is 33.7. The van der Waals surface area contributed by atoms with Crippen molar-refractivity contribution in [3.8, 4) is 59.1 Å². The first-order valence-electron chi connectivity index (χ1n) is 50.3. The van der Waals surface area contributed by atoms with E-state index in [1.165, 1.54) is 16.9 Å². The van der Waals surface area contributed by atoms with Gasteiger partial charge in [-0.15, -0.1) is 45.3 Å². The molecule has 0 spiro atoms. The number of carbonyl (C=O) groups is 8. The highest BCUT2D eigenvalue weighted by atomic mass is 32.1. The maximum Gasteiger partial charge on any atom is 0.254 e. The summed E-state index contributed by atoms with van der Waals surface area (Å²) in [5.41, 5.74) is 21.4. The van der Waals surface area contributed by atoms with Crippen molar-refractivity contribution in [1.82, 2.24) is 70.1 Å². The molecular weight excluding hydrogens is 1940 g/mol. The molecule has 8 aromatic heterocycles. The van der Waals surface area contributed by atoms with Gasteiger partial charge in [-0.3, -0.25) is 43.0 Å². The molecule has 31 nitrogen and oxygen atoms in total. The fraction of sp³-hybridized carbons (Fsp3) is 0.446. The van der Waals surface area contributed by atoms with Crippen LogP contribution in [0.2, 0.25) is 0 Å². The summed E-state index contributed by atoms with van der Waals surface area (Å²) in [5, 5.41) is 60.9. The Hall–Kier alpha value is -12.7. The molecule has 12 heterocycles. The average Bonchev–Trinajstić information content (AvgIpc) is 1.66. The monoisotopic (exact) mass is 2070 g/mol. The van der Waals surface area contributed by atoms with Crippen LogP contribution in [0.25, 0.3) is 41.8 Å². The van der Waals surface area contributed by atoms with E-state index in [9.17, 15) is 58.8 Å². The second-order valence-corrected chi connectivity index (χ2v) is 43.7. The number of aryl methyl sites for hydroxylation is 7. The van der Waals surface area contributed by atoms with Crippen LogP contribution in [-0.2, 0) is 44.8 Å². The number of rotatable bonds is 35. The number of benzene rings is 5. The van der Waals surface area contributed by atoms with E-state index in [1.807, 2.05) is 212 Å². The standard InChI is InChI=1S/C32H36N4O4S.C27H34N4O4S.C27H33N3O4S.C26H31N3O5S/c1-20(2)30(36-18-27(16-34-36)40-26-8-6-5-7-9-26)32(39)35-17-25(37)15-28(35)29(38)14-21(3)23-10-12-24(13-11-23)31-22(4)33-19-41-31;1-6-21(18-7-9-19(10-8-18)25-17(5)28-14-36-25)29-26(33)22-12-20(32)13-31(22)27(34)24(15(2)3)23-11-16(4)30-35-23;1-15(2)25(24-11-17(4)29-34-24)27(33)30-13-21(31)12-22(30)23(32)10-16(3)19-6-8-20(9-7-19)26-18(5)28-14-35-26;1-15(2)24(22-12-23(33-4)28-34-22)26(32)29-13-19(30)11-20(29)21(31)10-7-17-5-8-18(9-6-17)25-16(3)27-14-35-25/h5-13,16,18-21,25,28,30,37H,14-15,17H2,1-4H3;7-11,14-15,20-22,24,32H,6,12-13H2,1-5H3,(H,29,33);6-9,11,14-16,21-22,25,31H,10,12-13H2,1-5H3;5-6,8-9,12,14-15,19-20,24,30H,7,10-11,13H2,1-4H3/t21-,25-,28+,30+;20-,21+,22+,24-;16-,21-,22+,25?;19-,20+,24-/m1111/s1. The quantitative estimate of drug-likeness (QED) is 0.0246. The molecule has 13 aromatic rings. The molecule has 15 atom stereocenters. The lowest BCUT2D eigenvalue weighted by Gasteiger charge is -2.30. The lowest BCUT2D eigenvalue weighted by molar-refractivity contribution is -0.142. The van der Waals surface area contributed by atoms with E-state index in [-0.39, 0.29) is 147 Å². The van der Waals surface area contributed by atoms with Crippen molar-refractivity contribution < 1.29 is 81.8 Å². The number of carbonyl (C=O) groups excluding carboxylic acids is 8. The molecule has 0 bridgehead atoms. The number of aromatic nitrogens is 9. The van der Waals surface area contributed by atoms with E-state index in [4.69, 9.17) is 23.0 Å². The number of para-hydroxylation sites is 1. The second kappa shape index (κ2) is 49.8. The number of hydrogen-bond donors (Lipinski definition) is 5. The number of methoxy groups -OCH3 is 1. The van der Waals surface area contributed by atoms with Gasteiger partial charge in [-0.05, 0) is 152 Å². The number of β-amino-alcohol motifs (C(OH)–C–C–N with tert-alkyl or cyclic N) is 4. The molecular formula is C112H134N14O17S4. The van der Waals surface area contributed by atoms with E-state index >= 15 is 0 Å². The number of nitrogens with one attached hydrogen (secondary N) is 1. The summed E-state index contributed by atoms with van der Waals surface area (Å²) in [6, 6.07) is 43.8. The molecule has 1 unspecified atom stereocenters. The molecule has 4 saturated heterocycles. The highest BCUT2D eigenvalue weighted by molar-refractivity contribution is 7.14. The first kappa shape index (κ1) is 110. The second-order valence-electron chi connectivity index (χ2n) is 40.2. The van der Waals surface area contributed by atoms with Crippen LogP contribution >= 0.6 is 45.3 Å². The van der Waals surface area contributed by atoms with Crippen LogP contribution in [0.3, 0.4) is 0 Å². The van der Waals surface area contributed by atoms with Gasteiger partial charge in [-0.2, -0.15) is 5.10 Å². The number of nitrogens with zero attached hydrogens (tertiary/aromatic N) is 13. The highest BCUT2D eigenvalue weighted by Crippen LogP contribution is 2.42. The Kier molecular flexibility index (Phi) is 37.3. The first-order chi connectivity index (χ1) is 70.3. The zero-order valence-corrected chi connectivity index (χ0v) is 89.8. The Morgan fingerprint density at radius 1 is 0.429 bits per heavy atom. The number of likely N-dealkylation sites (tertiary alicyclic amines) is 4. The zero-order valence-electron chi connectivity index (χ0n) is 86.5. The molecule has 4 aliphatic rings. The first-order valence-corrected chi connectivity index (χ1v) is 53.8. The van der Waals surface area contributed by atoms with Crippen molar-refractivity contribution in [3.05, 3.63) is 254 Å². The molecule has 4 aliphatic heterocycles. The minimum Gasteiger partial charge on any atom is -0.479 e. The van der Waals surface area contributed by atoms with Crippen molar-refractivity contribution in [2.75, 3.05) is 33.3 Å². The van der Waals surface area contributed by atoms with Gasteiger partial charge in [0.2, 0.25) is 29.5 Å². The van der Waals surface area contributed by atoms with Gasteiger partial charge in [-0.25, -0.2) is 19.9 Å². The number of ketones is 3. The van der Waals surface area contributed by atoms with Gasteiger partial charge in [0, 0.05) is 89.3 Å². The average molecular weight is 2080 g/mol. The number of Topliss-reactive ketones (excluding diaryl/α,β-unsaturated/α-hetero) is 3. The summed E-state index contributed by atoms with van der Waals surface area (Å²) < 4.78 is 28.8. The number of aliphatic hydroxyl groups is 4. The summed E-state index contributed by atoms with van der Waals surface area (Å²) in [4.78, 5) is 136. The van der Waals surface area contributed by atoms with E-state index in [2.05, 4.69) is 94.4 Å². The van der Waals surface area contributed by atoms with Gasteiger partial charge < -0.3 is 68.4 Å². The molecule has 5 aromatic carbocycles. The normalized spacial score (nSPS) is 19.1. The van der Waals surface area contributed by atoms with Crippen molar-refractivity contribution in [3.63, 3.8) is 0 Å². The highest BCUT2D eigenvalue weighted by Gasteiger charge is 2.49. The minimum absolute atomic E-state index is 0.00776. The van der Waals surface area contributed by atoms with E-state index in [0.717, 1.165) is 86.8 Å². The lowest BCUT2D eigenvalue weighted by Crippen LogP contribution is -2.48. The third kappa shape index (κ3) is 26.9. The predicted octanol–water partition coefficient (Wildman–Crippen LogP) is 19.3. The van der Waals surface area contributed by atoms with Crippen molar-refractivity contribution in [1.29, 1.82) is 0 Å². The summed E-state index contributed by atoms with van der Waals surface area (Å²) in [6.07, 6.45) is 3.45. The maximum absolute atomic E-state index is 13.9. The van der Waals surface area contributed by atoms with Gasteiger partial charge in [0.15, 0.2) is 28.9 Å². The molecule has 0 saturated carbocycles. The molecule has 778 valence electrons. The SMILES string of the molecule is CC[C@H](NC(=O)[C@@H]1C[C@@H](O)CN1C(=O)[C@@H](c1cc(C)no1)C(C)C)c1ccc(-c2scnc2C)cc1.COc1cc([C@H](C(=O)N2C[C@H](O)C[C@H]2C(=O)CCc2ccc(-c3scnc3C)cc2)C(C)C)on1.Cc1cc(C(C(=O)N2C[C@H](O)C[C@H]2C(=O)C[C@@H](C)c2ccc(-c3scnc3C)cc2)C(C)C)on1.Cc1ncsc1-c1ccc([C@H](C)CC(=O)[C@@H]2C[C@@H](O)CN2C(=O)[C@H](C(C)C)n2cc(Oc3ccccc3)cn2)cc1. The van der Waals surface area contributed by atoms with Crippen LogP contribution in [0.5, 0.6) is 17.4 Å².